The van der Waals surface area contributed by atoms with Crippen LogP contribution in [0.5, 0.6) is 0 Å². The molecule has 1 aliphatic carbocycles. The third-order valence-electron chi connectivity index (χ3n) is 7.88. The number of carbonyl (C=O) groups excluding carboxylic acids is 1. The molecule has 1 saturated carbocycles. The van der Waals surface area contributed by atoms with E-state index in [4.69, 9.17) is 4.74 Å². The van der Waals surface area contributed by atoms with Crippen LogP contribution in [0.2, 0.25) is 0 Å². The average Bonchev–Trinajstić information content (AvgIpc) is 3.30. The minimum atomic E-state index is -3.78. The number of sulfonamides is 1. The van der Waals surface area contributed by atoms with E-state index in [2.05, 4.69) is 17.0 Å². The molecule has 1 atom stereocenters. The second-order valence-electron chi connectivity index (χ2n) is 10.1. The summed E-state index contributed by atoms with van der Waals surface area (Å²) in [5.41, 5.74) is 3.33. The molecule has 38 heavy (non-hydrogen) atoms. The van der Waals surface area contributed by atoms with Crippen molar-refractivity contribution in [3.63, 3.8) is 0 Å². The molecule has 6 nitrogen and oxygen atoms in total. The molecule has 0 amide bonds. The number of ether oxygens (including phenoxy) is 1. The van der Waals surface area contributed by atoms with Gasteiger partial charge in [-0.3, -0.25) is 0 Å². The van der Waals surface area contributed by atoms with E-state index in [0.717, 1.165) is 52.3 Å². The van der Waals surface area contributed by atoms with Gasteiger partial charge in [0, 0.05) is 40.7 Å². The summed E-state index contributed by atoms with van der Waals surface area (Å²) >= 11 is 2.92. The second kappa shape index (κ2) is 11.0. The van der Waals surface area contributed by atoms with E-state index in [9.17, 15) is 13.2 Å². The molecule has 0 bridgehead atoms. The largest absolute Gasteiger partial charge is 0.465 e. The molecule has 1 aromatic heterocycles. The Hall–Kier alpha value is -2.33. The fourth-order valence-corrected chi connectivity index (χ4v) is 9.20. The second-order valence-corrected chi connectivity index (χ2v) is 13.9. The number of para-hydroxylation sites is 1. The normalized spacial score (nSPS) is 20.1. The molecule has 9 heteroatoms. The number of methoxy groups -OCH3 is 1. The molecule has 5 rings (SSSR count). The number of nitrogens with zero attached hydrogens (tertiary/aromatic N) is 2. The van der Waals surface area contributed by atoms with Crippen LogP contribution < -0.4 is 4.90 Å². The summed E-state index contributed by atoms with van der Waals surface area (Å²) in [4.78, 5) is 17.2. The summed E-state index contributed by atoms with van der Waals surface area (Å²) in [5.74, 6) is -0.0526. The van der Waals surface area contributed by atoms with Gasteiger partial charge in [0.05, 0.1) is 12.8 Å². The van der Waals surface area contributed by atoms with Crippen LogP contribution in [0.15, 0.2) is 58.3 Å². The maximum atomic E-state index is 14.3. The number of anilines is 2. The number of fused-ring (bicyclic) bond motifs is 1. The van der Waals surface area contributed by atoms with Gasteiger partial charge < -0.3 is 9.64 Å². The zero-order chi connectivity index (χ0) is 27.0. The van der Waals surface area contributed by atoms with Gasteiger partial charge in [-0.15, -0.1) is 23.1 Å². The topological polar surface area (TPSA) is 66.9 Å². The molecule has 202 valence electrons. The summed E-state index contributed by atoms with van der Waals surface area (Å²) in [5, 5.41) is 0. The zero-order valence-electron chi connectivity index (χ0n) is 22.3. The van der Waals surface area contributed by atoms with Gasteiger partial charge in [0.1, 0.15) is 9.77 Å². The Labute approximate surface area is 234 Å². The number of esters is 1. The van der Waals surface area contributed by atoms with E-state index in [1.54, 1.807) is 23.1 Å². The summed E-state index contributed by atoms with van der Waals surface area (Å²) < 4.78 is 35.2. The molecule has 3 aromatic rings. The third kappa shape index (κ3) is 4.90. The minimum Gasteiger partial charge on any atom is -0.465 e. The Morgan fingerprint density at radius 1 is 1.08 bits per heavy atom. The number of likely N-dealkylation sites (N-methyl/N-ethyl adjacent to an activating group) is 1. The Morgan fingerprint density at radius 2 is 1.79 bits per heavy atom. The Bertz CT molecular complexity index is 1430. The van der Waals surface area contributed by atoms with E-state index in [-0.39, 0.29) is 12.0 Å². The van der Waals surface area contributed by atoms with Gasteiger partial charge in [-0.05, 0) is 67.8 Å². The molecule has 0 saturated heterocycles. The van der Waals surface area contributed by atoms with Crippen LogP contribution in [0.4, 0.5) is 11.4 Å². The molecule has 1 fully saturated rings. The van der Waals surface area contributed by atoms with Gasteiger partial charge in [-0.1, -0.05) is 37.5 Å². The van der Waals surface area contributed by atoms with Gasteiger partial charge in [0.15, 0.2) is 0 Å². The summed E-state index contributed by atoms with van der Waals surface area (Å²) in [6.07, 6.45) is 7.62. The first-order valence-corrected chi connectivity index (χ1v) is 16.5. The van der Waals surface area contributed by atoms with E-state index in [1.807, 2.05) is 49.6 Å². The first-order valence-electron chi connectivity index (χ1n) is 13.0. The van der Waals surface area contributed by atoms with Crippen molar-refractivity contribution in [1.82, 2.24) is 4.31 Å². The maximum absolute atomic E-state index is 14.3. The smallest absolute Gasteiger partial charge is 0.348 e. The predicted octanol–water partition coefficient (Wildman–Crippen LogP) is 6.95. The van der Waals surface area contributed by atoms with Crippen molar-refractivity contribution in [2.75, 3.05) is 31.9 Å². The molecule has 1 aliphatic heterocycles. The van der Waals surface area contributed by atoms with Crippen LogP contribution >= 0.6 is 23.1 Å². The summed E-state index contributed by atoms with van der Waals surface area (Å²) in [6.45, 7) is 2.49. The van der Waals surface area contributed by atoms with Crippen LogP contribution in [-0.4, -0.2) is 51.7 Å². The summed E-state index contributed by atoms with van der Waals surface area (Å²) in [6, 6.07) is 15.8. The number of thioether (sulfide) groups is 1. The Kier molecular flexibility index (Phi) is 7.91. The van der Waals surface area contributed by atoms with Crippen molar-refractivity contribution in [1.29, 1.82) is 0 Å². The Balaban J connectivity index is 1.71. The van der Waals surface area contributed by atoms with Gasteiger partial charge in [-0.25, -0.2) is 13.2 Å². The van der Waals surface area contributed by atoms with E-state index in [1.165, 1.54) is 24.9 Å². The van der Waals surface area contributed by atoms with Crippen LogP contribution in [-0.2, 0) is 14.8 Å². The highest BCUT2D eigenvalue weighted by Crippen LogP contribution is 2.46. The van der Waals surface area contributed by atoms with E-state index >= 15 is 0 Å². The quantitative estimate of drug-likeness (QED) is 0.244. The first kappa shape index (κ1) is 27.2. The number of rotatable bonds is 5. The SMILES string of the molecule is COC(=O)c1sc(-c2cc3c(cc2SC)N(c2ccccc2)C[C@@H](C2CCCCC2)N(C)S3(=O)=O)cc1C. The third-order valence-corrected chi connectivity index (χ3v) is 11.8. The van der Waals surface area contributed by atoms with E-state index < -0.39 is 10.0 Å². The molecule has 2 aromatic carbocycles. The lowest BCUT2D eigenvalue weighted by Crippen LogP contribution is -2.46. The van der Waals surface area contributed by atoms with Crippen molar-refractivity contribution in [3.8, 4) is 10.4 Å². The lowest BCUT2D eigenvalue weighted by atomic mass is 9.83. The van der Waals surface area contributed by atoms with E-state index in [0.29, 0.717) is 27.9 Å². The first-order chi connectivity index (χ1) is 18.3. The maximum Gasteiger partial charge on any atom is 0.348 e. The number of thiophene rings is 1. The van der Waals surface area contributed by atoms with Crippen LogP contribution in [0.25, 0.3) is 10.4 Å². The monoisotopic (exact) mass is 570 g/mol. The average molecular weight is 571 g/mol. The van der Waals surface area contributed by atoms with Crippen molar-refractivity contribution in [2.45, 2.75) is 54.9 Å². The van der Waals surface area contributed by atoms with Gasteiger partial charge >= 0.3 is 5.97 Å². The highest BCUT2D eigenvalue weighted by atomic mass is 32.2. The molecule has 0 unspecified atom stereocenters. The molecular formula is C29H34N2O4S3. The fraction of sp³-hybridized carbons (Fsp3) is 0.414. The van der Waals surface area contributed by atoms with Crippen molar-refractivity contribution in [2.24, 2.45) is 5.92 Å². The van der Waals surface area contributed by atoms with Crippen LogP contribution in [0.3, 0.4) is 0 Å². The van der Waals surface area contributed by atoms with Gasteiger partial charge in [-0.2, -0.15) is 4.31 Å². The number of benzene rings is 2. The van der Waals surface area contributed by atoms with Crippen molar-refractivity contribution >= 4 is 50.5 Å². The van der Waals surface area contributed by atoms with Gasteiger partial charge in [0.2, 0.25) is 10.0 Å². The number of hydrogen-bond donors (Lipinski definition) is 0. The zero-order valence-corrected chi connectivity index (χ0v) is 24.7. The highest BCUT2D eigenvalue weighted by molar-refractivity contribution is 7.98. The van der Waals surface area contributed by atoms with Crippen LogP contribution in [0.1, 0.15) is 47.3 Å². The fourth-order valence-electron chi connectivity index (χ4n) is 5.79. The lowest BCUT2D eigenvalue weighted by molar-refractivity contribution is 0.0605. The van der Waals surface area contributed by atoms with Gasteiger partial charge in [0.25, 0.3) is 0 Å². The van der Waals surface area contributed by atoms with Crippen molar-refractivity contribution in [3.05, 3.63) is 59.0 Å². The Morgan fingerprint density at radius 3 is 2.45 bits per heavy atom. The highest BCUT2D eigenvalue weighted by Gasteiger charge is 2.41. The lowest BCUT2D eigenvalue weighted by Gasteiger charge is -2.36. The summed E-state index contributed by atoms with van der Waals surface area (Å²) in [7, 11) is -0.656. The number of aryl methyl sites for hydroxylation is 1. The molecule has 0 N–H and O–H groups in total. The van der Waals surface area contributed by atoms with Crippen molar-refractivity contribution < 1.29 is 17.9 Å². The molecule has 0 radical (unpaired) electrons. The number of hydrogen-bond acceptors (Lipinski definition) is 7. The predicted molar refractivity (Wildman–Crippen MR) is 156 cm³/mol. The number of carbonyl (C=O) groups is 1. The molecular weight excluding hydrogens is 537 g/mol. The van der Waals surface area contributed by atoms with Crippen LogP contribution in [0, 0.1) is 12.8 Å². The minimum absolute atomic E-state index is 0.121. The molecule has 2 heterocycles. The molecule has 2 aliphatic rings. The molecule has 0 spiro atoms. The standard InChI is InChI=1S/C29H34N2O4S3/c1-19-15-26(37-28(19)29(32)35-3)22-16-27-23(17-25(22)36-4)31(21-13-9-6-10-14-21)18-24(30(2)38(27,33)34)20-11-7-5-8-12-20/h6,9-10,13-17,20,24H,5,7-8,11-12,18H2,1-4H3/t24-/m0/s1.